The number of hydrogen-bond acceptors (Lipinski definition) is 1. The van der Waals surface area contributed by atoms with E-state index in [1.165, 1.54) is 11.8 Å². The van der Waals surface area contributed by atoms with Gasteiger partial charge in [0.25, 0.3) is 0 Å². The van der Waals surface area contributed by atoms with Crippen LogP contribution in [0.5, 0.6) is 0 Å². The predicted octanol–water partition coefficient (Wildman–Crippen LogP) is 3.88. The van der Waals surface area contributed by atoms with Crippen LogP contribution in [0.3, 0.4) is 0 Å². The van der Waals surface area contributed by atoms with Gasteiger partial charge in [0, 0.05) is 11.2 Å². The van der Waals surface area contributed by atoms with E-state index in [0.717, 1.165) is 4.90 Å². The Bertz CT molecular complexity index is 215. The summed E-state index contributed by atoms with van der Waals surface area (Å²) in [7, 11) is 0. The van der Waals surface area contributed by atoms with Crippen LogP contribution >= 0.6 is 35.0 Å². The van der Waals surface area contributed by atoms with Gasteiger partial charge in [-0.15, -0.1) is 11.8 Å². The quantitative estimate of drug-likeness (QED) is 0.608. The van der Waals surface area contributed by atoms with Gasteiger partial charge in [-0.2, -0.15) is 0 Å². The van der Waals surface area contributed by atoms with E-state index in [1.807, 2.05) is 6.07 Å². The molecule has 0 heterocycles. The van der Waals surface area contributed by atoms with Crippen LogP contribution in [0, 0.1) is 6.26 Å². The molecule has 3 heteroatoms. The molecule has 0 spiro atoms. The van der Waals surface area contributed by atoms with Gasteiger partial charge >= 0.3 is 0 Å². The Morgan fingerprint density at radius 2 is 1.70 bits per heavy atom. The van der Waals surface area contributed by atoms with Crippen molar-refractivity contribution in [2.45, 2.75) is 4.90 Å². The van der Waals surface area contributed by atoms with Crippen molar-refractivity contribution in [3.05, 3.63) is 34.5 Å². The summed E-state index contributed by atoms with van der Waals surface area (Å²) in [5.41, 5.74) is 0. The summed E-state index contributed by atoms with van der Waals surface area (Å²) >= 11 is 12.9. The molecule has 0 unspecified atom stereocenters. The van der Waals surface area contributed by atoms with Crippen molar-refractivity contribution in [2.75, 3.05) is 0 Å². The van der Waals surface area contributed by atoms with E-state index in [-0.39, 0.29) is 0 Å². The first-order chi connectivity index (χ1) is 4.75. The molecule has 0 aliphatic carbocycles. The Morgan fingerprint density at radius 3 is 2.00 bits per heavy atom. The maximum absolute atomic E-state index is 5.78. The highest BCUT2D eigenvalue weighted by Gasteiger charge is 2.01. The second-order valence-corrected chi connectivity index (χ2v) is 3.21. The molecule has 0 saturated carbocycles. The molecule has 0 bridgehead atoms. The highest BCUT2D eigenvalue weighted by atomic mass is 35.5. The van der Waals surface area contributed by atoms with Crippen molar-refractivity contribution in [3.63, 3.8) is 0 Å². The van der Waals surface area contributed by atoms with Crippen LogP contribution in [0.25, 0.3) is 0 Å². The van der Waals surface area contributed by atoms with E-state index in [4.69, 9.17) is 23.2 Å². The Balaban J connectivity index is 3.17. The maximum Gasteiger partial charge on any atom is 0.0556 e. The molecule has 0 aromatic heterocycles. The molecule has 1 radical (unpaired) electrons. The minimum atomic E-state index is 0.660. The molecule has 0 N–H and O–H groups in total. The lowest BCUT2D eigenvalue weighted by molar-refractivity contribution is 1.47. The molecule has 0 amide bonds. The van der Waals surface area contributed by atoms with Crippen LogP contribution in [-0.2, 0) is 0 Å². The van der Waals surface area contributed by atoms with E-state index in [9.17, 15) is 0 Å². The number of hydrogen-bond donors (Lipinski definition) is 0. The summed E-state index contributed by atoms with van der Waals surface area (Å²) < 4.78 is 0. The average molecular weight is 192 g/mol. The van der Waals surface area contributed by atoms with Gasteiger partial charge in [0.1, 0.15) is 0 Å². The van der Waals surface area contributed by atoms with E-state index in [1.54, 1.807) is 12.1 Å². The van der Waals surface area contributed by atoms with Gasteiger partial charge in [0.05, 0.1) is 10.0 Å². The maximum atomic E-state index is 5.78. The van der Waals surface area contributed by atoms with E-state index >= 15 is 0 Å². The smallest absolute Gasteiger partial charge is 0.0556 e. The minimum absolute atomic E-state index is 0.660. The zero-order valence-corrected chi connectivity index (χ0v) is 7.43. The number of halogens is 2. The summed E-state index contributed by atoms with van der Waals surface area (Å²) in [6.07, 6.45) is 3.63. The SMILES string of the molecule is [CH2]Sc1c(Cl)cccc1Cl. The Kier molecular flexibility index (Phi) is 2.90. The lowest BCUT2D eigenvalue weighted by Crippen LogP contribution is -1.72. The summed E-state index contributed by atoms with van der Waals surface area (Å²) in [5.74, 6) is 0. The molecular weight excluding hydrogens is 187 g/mol. The van der Waals surface area contributed by atoms with Gasteiger partial charge in [-0.3, -0.25) is 0 Å². The molecule has 0 saturated heterocycles. The molecule has 1 rings (SSSR count). The first kappa shape index (κ1) is 8.25. The number of thioether (sulfide) groups is 1. The lowest BCUT2D eigenvalue weighted by atomic mass is 10.4. The van der Waals surface area contributed by atoms with Gasteiger partial charge in [0.15, 0.2) is 0 Å². The third-order valence-electron chi connectivity index (χ3n) is 1.06. The highest BCUT2D eigenvalue weighted by molar-refractivity contribution is 8.00. The summed E-state index contributed by atoms with van der Waals surface area (Å²) in [5, 5.41) is 1.32. The van der Waals surface area contributed by atoms with Crippen LogP contribution in [0.1, 0.15) is 0 Å². The topological polar surface area (TPSA) is 0 Å². The summed E-state index contributed by atoms with van der Waals surface area (Å²) in [6.45, 7) is 0. The predicted molar refractivity (Wildman–Crippen MR) is 47.7 cm³/mol. The Morgan fingerprint density at radius 1 is 1.20 bits per heavy atom. The van der Waals surface area contributed by atoms with Crippen molar-refractivity contribution < 1.29 is 0 Å². The van der Waals surface area contributed by atoms with Crippen LogP contribution in [0.2, 0.25) is 10.0 Å². The molecule has 10 heavy (non-hydrogen) atoms. The number of rotatable bonds is 1. The van der Waals surface area contributed by atoms with Gasteiger partial charge < -0.3 is 0 Å². The molecule has 0 atom stereocenters. The van der Waals surface area contributed by atoms with Crippen molar-refractivity contribution >= 4 is 35.0 Å². The first-order valence-corrected chi connectivity index (χ1v) is 4.36. The zero-order chi connectivity index (χ0) is 7.56. The highest BCUT2D eigenvalue weighted by Crippen LogP contribution is 2.32. The standard InChI is InChI=1S/C7H5Cl2S/c1-10-7-5(8)3-2-4-6(7)9/h2-4H,1H2. The molecule has 0 aliphatic heterocycles. The number of benzene rings is 1. The average Bonchev–Trinajstić information content (AvgIpc) is 1.88. The normalized spacial score (nSPS) is 9.90. The molecule has 0 aliphatic rings. The Labute approximate surface area is 74.5 Å². The van der Waals surface area contributed by atoms with E-state index in [2.05, 4.69) is 6.26 Å². The van der Waals surface area contributed by atoms with Crippen molar-refractivity contribution in [1.82, 2.24) is 0 Å². The first-order valence-electron chi connectivity index (χ1n) is 2.61. The van der Waals surface area contributed by atoms with Gasteiger partial charge in [0.2, 0.25) is 0 Å². The largest absolute Gasteiger partial charge is 0.122 e. The van der Waals surface area contributed by atoms with E-state index < -0.39 is 0 Å². The molecule has 0 nitrogen and oxygen atoms in total. The van der Waals surface area contributed by atoms with Crippen molar-refractivity contribution in [2.24, 2.45) is 0 Å². The second kappa shape index (κ2) is 3.51. The van der Waals surface area contributed by atoms with Gasteiger partial charge in [-0.05, 0) is 12.1 Å². The fraction of sp³-hybridized carbons (Fsp3) is 0. The van der Waals surface area contributed by atoms with Gasteiger partial charge in [-0.25, -0.2) is 0 Å². The zero-order valence-electron chi connectivity index (χ0n) is 5.10. The van der Waals surface area contributed by atoms with Crippen molar-refractivity contribution in [3.8, 4) is 0 Å². The van der Waals surface area contributed by atoms with Crippen LogP contribution < -0.4 is 0 Å². The fourth-order valence-corrected chi connectivity index (χ4v) is 1.76. The molecule has 0 fully saturated rings. The summed E-state index contributed by atoms with van der Waals surface area (Å²) in [6, 6.07) is 5.40. The Hall–Kier alpha value is 0.150. The molecule has 1 aromatic rings. The van der Waals surface area contributed by atoms with Crippen LogP contribution in [0.15, 0.2) is 23.1 Å². The van der Waals surface area contributed by atoms with Crippen LogP contribution in [-0.4, -0.2) is 0 Å². The monoisotopic (exact) mass is 191 g/mol. The molecular formula is C7H5Cl2S. The second-order valence-electron chi connectivity index (χ2n) is 1.70. The summed E-state index contributed by atoms with van der Waals surface area (Å²) in [4.78, 5) is 0.839. The lowest BCUT2D eigenvalue weighted by Gasteiger charge is -2.00. The van der Waals surface area contributed by atoms with Crippen molar-refractivity contribution in [1.29, 1.82) is 0 Å². The molecule has 53 valence electrons. The third-order valence-corrected chi connectivity index (χ3v) is 2.65. The van der Waals surface area contributed by atoms with Crippen LogP contribution in [0.4, 0.5) is 0 Å². The third kappa shape index (κ3) is 1.60. The fourth-order valence-electron chi connectivity index (χ4n) is 0.620. The minimum Gasteiger partial charge on any atom is -0.122 e. The molecule has 1 aromatic carbocycles. The van der Waals surface area contributed by atoms with E-state index in [0.29, 0.717) is 10.0 Å². The van der Waals surface area contributed by atoms with Gasteiger partial charge in [-0.1, -0.05) is 29.3 Å².